The lowest BCUT2D eigenvalue weighted by Gasteiger charge is -2.19. The van der Waals surface area contributed by atoms with Crippen LogP contribution in [0.2, 0.25) is 5.02 Å². The normalized spacial score (nSPS) is 14.0. The molecule has 0 atom stereocenters. The molecule has 220 valence electrons. The Hall–Kier alpha value is -3.40. The molecule has 5 rings (SSSR count). The van der Waals surface area contributed by atoms with E-state index in [9.17, 15) is 18.3 Å². The van der Waals surface area contributed by atoms with Crippen molar-refractivity contribution in [2.45, 2.75) is 62.4 Å². The van der Waals surface area contributed by atoms with Crippen molar-refractivity contribution in [1.82, 2.24) is 4.98 Å². The lowest BCUT2D eigenvalue weighted by molar-refractivity contribution is 0.102. The maximum Gasteiger partial charge on any atom is 0.255 e. The molecule has 2 N–H and O–H groups in total. The molecule has 1 saturated carbocycles. The van der Waals surface area contributed by atoms with Crippen LogP contribution in [0.4, 0.5) is 5.69 Å². The van der Waals surface area contributed by atoms with Gasteiger partial charge in [-0.05, 0) is 85.8 Å². The van der Waals surface area contributed by atoms with E-state index in [2.05, 4.69) is 10.7 Å². The highest BCUT2D eigenvalue weighted by molar-refractivity contribution is 7.91. The van der Waals surface area contributed by atoms with Gasteiger partial charge in [0.25, 0.3) is 5.91 Å². The minimum atomic E-state index is -3.44. The first kappa shape index (κ1) is 30.1. The van der Waals surface area contributed by atoms with E-state index in [0.717, 1.165) is 16.3 Å². The number of halogens is 1. The third-order valence-electron chi connectivity index (χ3n) is 7.41. The van der Waals surface area contributed by atoms with Gasteiger partial charge >= 0.3 is 0 Å². The van der Waals surface area contributed by atoms with Gasteiger partial charge in [0.05, 0.1) is 22.0 Å². The molecule has 0 spiro atoms. The monoisotopic (exact) mass is 624 g/mol. The summed E-state index contributed by atoms with van der Waals surface area (Å²) in [5.74, 6) is 0.593. The highest BCUT2D eigenvalue weighted by Gasteiger charge is 2.19. The van der Waals surface area contributed by atoms with Crippen LogP contribution < -0.4 is 10.1 Å². The second kappa shape index (κ2) is 13.7. The average Bonchev–Trinajstić information content (AvgIpc) is 3.48. The summed E-state index contributed by atoms with van der Waals surface area (Å²) in [7, 11) is -3.44. The fraction of sp³-hybridized carbons (Fsp3) is 0.312. The zero-order valence-corrected chi connectivity index (χ0v) is 25.5. The number of sulfone groups is 1. The van der Waals surface area contributed by atoms with Crippen molar-refractivity contribution in [1.29, 1.82) is 0 Å². The molecule has 1 aliphatic carbocycles. The second-order valence-corrected chi connectivity index (χ2v) is 14.0. The third kappa shape index (κ3) is 7.91. The quantitative estimate of drug-likeness (QED) is 0.165. The standard InChI is InChI=1S/C32H33ClN2O5S2/c33-25-12-14-27(15-13-25)42(38,39)17-5-6-22-11-16-30(36)28(18-22)35-32(37)24-9-4-10-26(19-24)40-20-31-34-29(21-41-31)23-7-2-1-3-8-23/h4,9-16,18-19,21,23,36H,1-3,5-8,17,20H2,(H,35,37). The number of benzene rings is 3. The summed E-state index contributed by atoms with van der Waals surface area (Å²) in [5, 5.41) is 16.6. The van der Waals surface area contributed by atoms with Gasteiger partial charge in [-0.25, -0.2) is 13.4 Å². The average molecular weight is 625 g/mol. The van der Waals surface area contributed by atoms with Gasteiger partial charge in [0.1, 0.15) is 23.1 Å². The van der Waals surface area contributed by atoms with E-state index < -0.39 is 15.7 Å². The number of carbonyl (C=O) groups excluding carboxylic acids is 1. The van der Waals surface area contributed by atoms with Gasteiger partial charge in [-0.1, -0.05) is 43.0 Å². The number of thiazole rings is 1. The molecule has 3 aromatic carbocycles. The second-order valence-electron chi connectivity index (χ2n) is 10.5. The number of anilines is 1. The molecular weight excluding hydrogens is 592 g/mol. The fourth-order valence-corrected chi connectivity index (χ4v) is 7.33. The van der Waals surface area contributed by atoms with Crippen molar-refractivity contribution in [3.8, 4) is 11.5 Å². The van der Waals surface area contributed by atoms with Gasteiger partial charge in [0.15, 0.2) is 9.84 Å². The first-order valence-electron chi connectivity index (χ1n) is 14.1. The van der Waals surface area contributed by atoms with Crippen molar-refractivity contribution >= 4 is 44.4 Å². The van der Waals surface area contributed by atoms with E-state index in [1.165, 1.54) is 50.3 Å². The number of hydrogen-bond acceptors (Lipinski definition) is 7. The predicted molar refractivity (Wildman–Crippen MR) is 167 cm³/mol. The van der Waals surface area contributed by atoms with E-state index in [1.807, 2.05) is 0 Å². The van der Waals surface area contributed by atoms with Crippen LogP contribution in [0.5, 0.6) is 11.5 Å². The number of rotatable bonds is 11. The predicted octanol–water partition coefficient (Wildman–Crippen LogP) is 7.79. The van der Waals surface area contributed by atoms with Crippen LogP contribution in [-0.4, -0.2) is 30.2 Å². The van der Waals surface area contributed by atoms with Crippen molar-refractivity contribution in [2.24, 2.45) is 0 Å². The zero-order valence-electron chi connectivity index (χ0n) is 23.1. The number of aromatic nitrogens is 1. The van der Waals surface area contributed by atoms with E-state index >= 15 is 0 Å². The molecule has 0 radical (unpaired) electrons. The number of phenols is 1. The molecule has 0 aliphatic heterocycles. The molecular formula is C32H33ClN2O5S2. The van der Waals surface area contributed by atoms with Crippen LogP contribution in [0, 0.1) is 0 Å². The van der Waals surface area contributed by atoms with Gasteiger partial charge in [-0.3, -0.25) is 4.79 Å². The molecule has 4 aromatic rings. The Bertz CT molecular complexity index is 1630. The minimum absolute atomic E-state index is 0.0348. The fourth-order valence-electron chi connectivity index (χ4n) is 5.11. The molecule has 1 aromatic heterocycles. The number of hydrogen-bond donors (Lipinski definition) is 2. The van der Waals surface area contributed by atoms with Crippen molar-refractivity contribution in [3.05, 3.63) is 99.0 Å². The minimum Gasteiger partial charge on any atom is -0.506 e. The molecule has 7 nitrogen and oxygen atoms in total. The molecule has 1 heterocycles. The van der Waals surface area contributed by atoms with Crippen LogP contribution in [0.3, 0.4) is 0 Å². The lowest BCUT2D eigenvalue weighted by Crippen LogP contribution is -2.12. The summed E-state index contributed by atoms with van der Waals surface area (Å²) in [5.41, 5.74) is 2.59. The highest BCUT2D eigenvalue weighted by Crippen LogP contribution is 2.33. The topological polar surface area (TPSA) is 106 Å². The molecule has 0 saturated heterocycles. The van der Waals surface area contributed by atoms with Crippen LogP contribution in [0.25, 0.3) is 0 Å². The largest absolute Gasteiger partial charge is 0.506 e. The summed E-state index contributed by atoms with van der Waals surface area (Å²) >= 11 is 7.47. The highest BCUT2D eigenvalue weighted by atomic mass is 35.5. The summed E-state index contributed by atoms with van der Waals surface area (Å²) in [6.45, 7) is 0.332. The van der Waals surface area contributed by atoms with Crippen LogP contribution in [0.15, 0.2) is 77.0 Å². The number of aryl methyl sites for hydroxylation is 1. The Labute approximate surface area is 255 Å². The van der Waals surface area contributed by atoms with E-state index in [0.29, 0.717) is 41.7 Å². The molecule has 1 fully saturated rings. The SMILES string of the molecule is O=C(Nc1cc(CCCS(=O)(=O)c2ccc(Cl)cc2)ccc1O)c1cccc(OCc2nc(C3CCCCC3)cs2)c1. The summed E-state index contributed by atoms with van der Waals surface area (Å²) in [6.07, 6.45) is 7.07. The Balaban J connectivity index is 1.16. The Kier molecular flexibility index (Phi) is 9.82. The maximum atomic E-state index is 13.0. The van der Waals surface area contributed by atoms with Crippen molar-refractivity contribution in [2.75, 3.05) is 11.1 Å². The van der Waals surface area contributed by atoms with E-state index in [-0.39, 0.29) is 22.1 Å². The van der Waals surface area contributed by atoms with Gasteiger partial charge in [0.2, 0.25) is 0 Å². The Morgan fingerprint density at radius 1 is 1.05 bits per heavy atom. The van der Waals surface area contributed by atoms with Gasteiger partial charge in [-0.15, -0.1) is 11.3 Å². The number of phenolic OH excluding ortho intramolecular Hbond substituents is 1. The molecule has 42 heavy (non-hydrogen) atoms. The molecule has 0 unspecified atom stereocenters. The number of carbonyl (C=O) groups is 1. The smallest absolute Gasteiger partial charge is 0.255 e. The zero-order chi connectivity index (χ0) is 29.5. The number of amides is 1. The lowest BCUT2D eigenvalue weighted by atomic mass is 9.87. The number of aromatic hydroxyl groups is 1. The number of ether oxygens (including phenoxy) is 1. The summed E-state index contributed by atoms with van der Waals surface area (Å²) in [4.78, 5) is 18.0. The third-order valence-corrected chi connectivity index (χ3v) is 10.3. The summed E-state index contributed by atoms with van der Waals surface area (Å²) in [6, 6.07) is 17.9. The first-order valence-corrected chi connectivity index (χ1v) is 17.0. The molecule has 10 heteroatoms. The maximum absolute atomic E-state index is 13.0. The van der Waals surface area contributed by atoms with Crippen LogP contribution in [-0.2, 0) is 22.9 Å². The molecule has 0 bridgehead atoms. The van der Waals surface area contributed by atoms with Gasteiger partial charge in [-0.2, -0.15) is 0 Å². The molecule has 1 aliphatic rings. The van der Waals surface area contributed by atoms with Crippen LogP contribution >= 0.6 is 22.9 Å². The van der Waals surface area contributed by atoms with Crippen molar-refractivity contribution in [3.63, 3.8) is 0 Å². The first-order chi connectivity index (χ1) is 20.3. The Morgan fingerprint density at radius 3 is 2.62 bits per heavy atom. The van der Waals surface area contributed by atoms with Crippen LogP contribution in [0.1, 0.15) is 71.1 Å². The van der Waals surface area contributed by atoms with Crippen molar-refractivity contribution < 1.29 is 23.1 Å². The number of nitrogens with zero attached hydrogens (tertiary/aromatic N) is 1. The van der Waals surface area contributed by atoms with E-state index in [1.54, 1.807) is 59.9 Å². The molecule has 1 amide bonds. The van der Waals surface area contributed by atoms with E-state index in [4.69, 9.17) is 21.3 Å². The summed E-state index contributed by atoms with van der Waals surface area (Å²) < 4.78 is 31.2. The Morgan fingerprint density at radius 2 is 1.83 bits per heavy atom. The van der Waals surface area contributed by atoms with Gasteiger partial charge in [0, 0.05) is 21.9 Å². The number of nitrogens with one attached hydrogen (secondary N) is 1. The van der Waals surface area contributed by atoms with Gasteiger partial charge < -0.3 is 15.2 Å².